The molecule has 2 aromatic carbocycles. The zero-order valence-corrected chi connectivity index (χ0v) is 16.8. The lowest BCUT2D eigenvalue weighted by Gasteiger charge is -2.25. The number of H-pyrrole nitrogens is 1. The number of hydrogen-bond donors (Lipinski definition) is 2. The topological polar surface area (TPSA) is 67.0 Å². The summed E-state index contributed by atoms with van der Waals surface area (Å²) in [7, 11) is 1.65. The molecule has 0 unspecified atom stereocenters. The number of aromatic nitrogens is 2. The van der Waals surface area contributed by atoms with Gasteiger partial charge in [-0.3, -0.25) is 4.79 Å². The van der Waals surface area contributed by atoms with Crippen molar-refractivity contribution in [2.45, 2.75) is 48.6 Å². The van der Waals surface area contributed by atoms with Gasteiger partial charge in [-0.15, -0.1) is 0 Å². The summed E-state index contributed by atoms with van der Waals surface area (Å²) in [5, 5.41) is 3.66. The summed E-state index contributed by atoms with van der Waals surface area (Å²) in [6.07, 6.45) is 5.80. The predicted molar refractivity (Wildman–Crippen MR) is 113 cm³/mol. The van der Waals surface area contributed by atoms with Crippen molar-refractivity contribution in [3.05, 3.63) is 54.1 Å². The summed E-state index contributed by atoms with van der Waals surface area (Å²) < 4.78 is 5.29. The lowest BCUT2D eigenvalue weighted by Crippen LogP contribution is -2.38. The summed E-state index contributed by atoms with van der Waals surface area (Å²) >= 11 is 1.46. The summed E-state index contributed by atoms with van der Waals surface area (Å²) in [5.41, 5.74) is 2.75. The second-order valence-electron chi connectivity index (χ2n) is 7.18. The molecule has 1 amide bonds. The molecule has 5 nitrogen and oxygen atoms in total. The van der Waals surface area contributed by atoms with Gasteiger partial charge in [0.15, 0.2) is 5.16 Å². The van der Waals surface area contributed by atoms with E-state index in [1.807, 2.05) is 48.5 Å². The number of benzene rings is 2. The molecule has 2 N–H and O–H groups in total. The number of methoxy groups -OCH3 is 1. The van der Waals surface area contributed by atoms with E-state index in [4.69, 9.17) is 4.74 Å². The van der Waals surface area contributed by atoms with Crippen molar-refractivity contribution < 1.29 is 9.53 Å². The molecule has 0 saturated heterocycles. The van der Waals surface area contributed by atoms with E-state index in [0.29, 0.717) is 0 Å². The number of imidazole rings is 1. The van der Waals surface area contributed by atoms with Crippen molar-refractivity contribution >= 4 is 28.7 Å². The Hall–Kier alpha value is -2.47. The third-order valence-corrected chi connectivity index (χ3v) is 6.33. The van der Waals surface area contributed by atoms with Crippen LogP contribution in [-0.2, 0) is 4.79 Å². The SMILES string of the molecule is COc1ccc2nc(S[C@H](C(=O)NC3CCCCC3)c3ccccc3)[nH]c2c1. The molecule has 0 aliphatic heterocycles. The molecule has 3 aromatic rings. The number of carbonyl (C=O) groups is 1. The quantitative estimate of drug-likeness (QED) is 0.585. The average Bonchev–Trinajstić information content (AvgIpc) is 3.15. The number of nitrogens with one attached hydrogen (secondary N) is 2. The van der Waals surface area contributed by atoms with Gasteiger partial charge in [0, 0.05) is 12.1 Å². The van der Waals surface area contributed by atoms with Gasteiger partial charge in [-0.05, 0) is 30.5 Å². The van der Waals surface area contributed by atoms with Gasteiger partial charge < -0.3 is 15.0 Å². The van der Waals surface area contributed by atoms with Crippen LogP contribution < -0.4 is 10.1 Å². The second-order valence-corrected chi connectivity index (χ2v) is 8.27. The van der Waals surface area contributed by atoms with Gasteiger partial charge in [0.2, 0.25) is 5.91 Å². The number of thioether (sulfide) groups is 1. The number of amides is 1. The van der Waals surface area contributed by atoms with E-state index in [9.17, 15) is 4.79 Å². The minimum absolute atomic E-state index is 0.0566. The maximum atomic E-state index is 13.1. The molecule has 6 heteroatoms. The molecule has 1 aliphatic rings. The average molecular weight is 396 g/mol. The smallest absolute Gasteiger partial charge is 0.238 e. The molecule has 1 fully saturated rings. The van der Waals surface area contributed by atoms with Crippen LogP contribution in [0.2, 0.25) is 0 Å². The van der Waals surface area contributed by atoms with Crippen molar-refractivity contribution in [3.63, 3.8) is 0 Å². The van der Waals surface area contributed by atoms with Crippen molar-refractivity contribution in [1.29, 1.82) is 0 Å². The number of aromatic amines is 1. The standard InChI is InChI=1S/C22H25N3O2S/c1-27-17-12-13-18-19(14-17)25-22(24-18)28-20(15-8-4-2-5-9-15)21(26)23-16-10-6-3-7-11-16/h2,4-5,8-9,12-14,16,20H,3,6-7,10-11H2,1H3,(H,23,26)(H,24,25)/t20-/m0/s1. The molecule has 1 aliphatic carbocycles. The Morgan fingerprint density at radius 3 is 2.71 bits per heavy atom. The Morgan fingerprint density at radius 1 is 1.18 bits per heavy atom. The maximum Gasteiger partial charge on any atom is 0.238 e. The van der Waals surface area contributed by atoms with E-state index in [1.54, 1.807) is 7.11 Å². The van der Waals surface area contributed by atoms with E-state index in [1.165, 1.54) is 31.0 Å². The Bertz CT molecular complexity index is 935. The van der Waals surface area contributed by atoms with Gasteiger partial charge in [-0.25, -0.2) is 4.98 Å². The number of hydrogen-bond acceptors (Lipinski definition) is 4. The molecule has 0 bridgehead atoms. The summed E-state index contributed by atoms with van der Waals surface area (Å²) in [6.45, 7) is 0. The minimum Gasteiger partial charge on any atom is -0.497 e. The highest BCUT2D eigenvalue weighted by Gasteiger charge is 2.26. The first-order valence-corrected chi connectivity index (χ1v) is 10.7. The van der Waals surface area contributed by atoms with Gasteiger partial charge in [-0.2, -0.15) is 0 Å². The Kier molecular flexibility index (Phi) is 5.86. The highest BCUT2D eigenvalue weighted by atomic mass is 32.2. The van der Waals surface area contributed by atoms with Crippen LogP contribution in [0.5, 0.6) is 5.75 Å². The summed E-state index contributed by atoms with van der Waals surface area (Å²) in [6, 6.07) is 15.9. The third kappa shape index (κ3) is 4.33. The molecule has 0 radical (unpaired) electrons. The lowest BCUT2D eigenvalue weighted by molar-refractivity contribution is -0.121. The fourth-order valence-corrected chi connectivity index (χ4v) is 4.70. The zero-order valence-electron chi connectivity index (χ0n) is 16.0. The normalized spacial score (nSPS) is 16.0. The van der Waals surface area contributed by atoms with Crippen LogP contribution in [0, 0.1) is 0 Å². The minimum atomic E-state index is -0.342. The molecule has 146 valence electrons. The van der Waals surface area contributed by atoms with Gasteiger partial charge in [-0.1, -0.05) is 61.4 Å². The number of fused-ring (bicyclic) bond motifs is 1. The third-order valence-electron chi connectivity index (χ3n) is 5.19. The fourth-order valence-electron chi connectivity index (χ4n) is 3.68. The Morgan fingerprint density at radius 2 is 1.96 bits per heavy atom. The number of nitrogens with zero attached hydrogens (tertiary/aromatic N) is 1. The first kappa shape index (κ1) is 18.9. The molecular weight excluding hydrogens is 370 g/mol. The highest BCUT2D eigenvalue weighted by molar-refractivity contribution is 8.00. The van der Waals surface area contributed by atoms with Crippen LogP contribution in [0.25, 0.3) is 11.0 Å². The first-order valence-electron chi connectivity index (χ1n) is 9.78. The Labute approximate surface area is 169 Å². The van der Waals surface area contributed by atoms with Crippen molar-refractivity contribution in [3.8, 4) is 5.75 Å². The monoisotopic (exact) mass is 395 g/mol. The zero-order chi connectivity index (χ0) is 19.3. The predicted octanol–water partition coefficient (Wildman–Crippen LogP) is 4.85. The molecule has 0 spiro atoms. The lowest BCUT2D eigenvalue weighted by atomic mass is 9.95. The van der Waals surface area contributed by atoms with Crippen LogP contribution in [0.1, 0.15) is 42.9 Å². The van der Waals surface area contributed by atoms with E-state index >= 15 is 0 Å². The molecule has 1 atom stereocenters. The van der Waals surface area contributed by atoms with Gasteiger partial charge in [0.1, 0.15) is 11.0 Å². The molecule has 28 heavy (non-hydrogen) atoms. The second kappa shape index (κ2) is 8.69. The van der Waals surface area contributed by atoms with Crippen LogP contribution >= 0.6 is 11.8 Å². The number of ether oxygens (including phenoxy) is 1. The molecule has 1 saturated carbocycles. The van der Waals surface area contributed by atoms with E-state index in [0.717, 1.165) is 40.3 Å². The van der Waals surface area contributed by atoms with E-state index < -0.39 is 0 Å². The van der Waals surface area contributed by atoms with Gasteiger partial charge in [0.25, 0.3) is 0 Å². The first-order chi connectivity index (χ1) is 13.7. The number of carbonyl (C=O) groups excluding carboxylic acids is 1. The van der Waals surface area contributed by atoms with Gasteiger partial charge in [0.05, 0.1) is 18.1 Å². The molecule has 1 heterocycles. The largest absolute Gasteiger partial charge is 0.497 e. The van der Waals surface area contributed by atoms with E-state index in [-0.39, 0.29) is 17.2 Å². The fraction of sp³-hybridized carbons (Fsp3) is 0.364. The van der Waals surface area contributed by atoms with Crippen LogP contribution in [0.3, 0.4) is 0 Å². The van der Waals surface area contributed by atoms with Crippen LogP contribution in [-0.4, -0.2) is 29.0 Å². The maximum absolute atomic E-state index is 13.1. The molecule has 1 aromatic heterocycles. The van der Waals surface area contributed by atoms with Gasteiger partial charge >= 0.3 is 0 Å². The summed E-state index contributed by atoms with van der Waals surface area (Å²) in [5.74, 6) is 0.837. The van der Waals surface area contributed by atoms with E-state index in [2.05, 4.69) is 15.3 Å². The van der Waals surface area contributed by atoms with Crippen LogP contribution in [0.4, 0.5) is 0 Å². The molecular formula is C22H25N3O2S. The molecule has 4 rings (SSSR count). The summed E-state index contributed by atoms with van der Waals surface area (Å²) in [4.78, 5) is 21.1. The van der Waals surface area contributed by atoms with Crippen molar-refractivity contribution in [2.24, 2.45) is 0 Å². The Balaban J connectivity index is 1.57. The van der Waals surface area contributed by atoms with Crippen LogP contribution in [0.15, 0.2) is 53.7 Å². The number of rotatable bonds is 6. The van der Waals surface area contributed by atoms with Crippen molar-refractivity contribution in [2.75, 3.05) is 7.11 Å². The highest BCUT2D eigenvalue weighted by Crippen LogP contribution is 2.35. The van der Waals surface area contributed by atoms with Crippen molar-refractivity contribution in [1.82, 2.24) is 15.3 Å².